The average molecular weight is 207 g/mol. The van der Waals surface area contributed by atoms with Crippen LogP contribution in [0.15, 0.2) is 11.4 Å². The topological polar surface area (TPSA) is 29.1 Å². The zero-order valence-corrected chi connectivity index (χ0v) is 9.20. The molecule has 0 atom stereocenters. The van der Waals surface area contributed by atoms with E-state index in [2.05, 4.69) is 17.2 Å². The molecular weight excluding hydrogens is 194 g/mol. The highest BCUT2D eigenvalue weighted by Crippen LogP contribution is 2.13. The highest BCUT2D eigenvalue weighted by Gasteiger charge is 2.01. The number of hydrogen-bond donors (Lipinski definition) is 1. The van der Waals surface area contributed by atoms with Crippen LogP contribution >= 0.6 is 11.3 Å². The number of nitrogens with one attached hydrogen (secondary N) is 1. The minimum atomic E-state index is 0.110. The third-order valence-electron chi connectivity index (χ3n) is 1.68. The fraction of sp³-hybridized carbons (Fsp3) is 0.364. The van der Waals surface area contributed by atoms with Crippen LogP contribution in [0.25, 0.3) is 0 Å². The molecule has 0 bridgehead atoms. The molecule has 1 aromatic heterocycles. The van der Waals surface area contributed by atoms with E-state index in [0.717, 1.165) is 23.4 Å². The second kappa shape index (κ2) is 5.58. The smallest absolute Gasteiger partial charge is 0.169 e. The summed E-state index contributed by atoms with van der Waals surface area (Å²) in [4.78, 5) is 11.8. The highest BCUT2D eigenvalue weighted by atomic mass is 32.1. The van der Waals surface area contributed by atoms with Crippen molar-refractivity contribution in [2.45, 2.75) is 13.3 Å². The molecule has 14 heavy (non-hydrogen) atoms. The maximum absolute atomic E-state index is 11.0. The Hall–Kier alpha value is -1.11. The second-order valence-corrected chi connectivity index (χ2v) is 3.82. The third-order valence-corrected chi connectivity index (χ3v) is 2.71. The van der Waals surface area contributed by atoms with Crippen molar-refractivity contribution in [2.75, 3.05) is 13.6 Å². The van der Waals surface area contributed by atoms with Gasteiger partial charge in [0.2, 0.25) is 0 Å². The summed E-state index contributed by atoms with van der Waals surface area (Å²) in [6, 6.07) is 1.85. The Morgan fingerprint density at radius 1 is 1.64 bits per heavy atom. The van der Waals surface area contributed by atoms with E-state index in [4.69, 9.17) is 0 Å². The molecule has 1 aromatic rings. The molecule has 0 aromatic carbocycles. The maximum Gasteiger partial charge on any atom is 0.169 e. The molecule has 0 aliphatic heterocycles. The summed E-state index contributed by atoms with van der Waals surface area (Å²) in [5.74, 6) is 6.17. The van der Waals surface area contributed by atoms with Gasteiger partial charge in [-0.25, -0.2) is 0 Å². The van der Waals surface area contributed by atoms with Gasteiger partial charge in [0.15, 0.2) is 5.78 Å². The summed E-state index contributed by atoms with van der Waals surface area (Å²) < 4.78 is 0. The highest BCUT2D eigenvalue weighted by molar-refractivity contribution is 7.12. The molecule has 2 nitrogen and oxygen atoms in total. The van der Waals surface area contributed by atoms with Crippen molar-refractivity contribution in [2.24, 2.45) is 0 Å². The first kappa shape index (κ1) is 11.0. The summed E-state index contributed by atoms with van der Waals surface area (Å²) in [6.07, 6.45) is 0.835. The van der Waals surface area contributed by atoms with E-state index in [0.29, 0.717) is 0 Å². The summed E-state index contributed by atoms with van der Waals surface area (Å²) >= 11 is 1.45. The molecule has 0 spiro atoms. The molecule has 0 aliphatic rings. The minimum absolute atomic E-state index is 0.110. The molecule has 0 saturated heterocycles. The van der Waals surface area contributed by atoms with Crippen LogP contribution < -0.4 is 5.32 Å². The Morgan fingerprint density at radius 2 is 2.43 bits per heavy atom. The summed E-state index contributed by atoms with van der Waals surface area (Å²) in [5.41, 5.74) is 0.941. The van der Waals surface area contributed by atoms with E-state index in [-0.39, 0.29) is 5.78 Å². The largest absolute Gasteiger partial charge is 0.319 e. The Balaban J connectivity index is 2.58. The fourth-order valence-electron chi connectivity index (χ4n) is 0.938. The molecule has 0 aliphatic carbocycles. The Bertz CT molecular complexity index is 370. The van der Waals surface area contributed by atoms with Gasteiger partial charge in [0.1, 0.15) is 0 Å². The molecule has 3 heteroatoms. The molecule has 74 valence electrons. The van der Waals surface area contributed by atoms with Gasteiger partial charge in [-0.3, -0.25) is 4.79 Å². The van der Waals surface area contributed by atoms with Crippen molar-refractivity contribution in [1.82, 2.24) is 5.32 Å². The van der Waals surface area contributed by atoms with Crippen molar-refractivity contribution in [3.8, 4) is 11.8 Å². The normalized spacial score (nSPS) is 9.29. The van der Waals surface area contributed by atoms with Crippen molar-refractivity contribution in [3.63, 3.8) is 0 Å². The van der Waals surface area contributed by atoms with Gasteiger partial charge in [0.25, 0.3) is 0 Å². The summed E-state index contributed by atoms with van der Waals surface area (Å²) in [5, 5.41) is 4.94. The molecule has 1 N–H and O–H groups in total. The van der Waals surface area contributed by atoms with Crippen molar-refractivity contribution >= 4 is 17.1 Å². The predicted molar refractivity (Wildman–Crippen MR) is 59.7 cm³/mol. The van der Waals surface area contributed by atoms with Crippen LogP contribution in [0.4, 0.5) is 0 Å². The average Bonchev–Trinajstić information content (AvgIpc) is 2.61. The Morgan fingerprint density at radius 3 is 3.00 bits per heavy atom. The molecule has 0 amide bonds. The lowest BCUT2D eigenvalue weighted by Gasteiger charge is -1.86. The number of Topliss-reactive ketones (excluding diaryl/α,β-unsaturated/α-hetero) is 1. The SMILES string of the molecule is CNCCC#Cc1csc(C(C)=O)c1. The van der Waals surface area contributed by atoms with Crippen LogP contribution in [-0.2, 0) is 0 Å². The van der Waals surface area contributed by atoms with Crippen LogP contribution in [0, 0.1) is 11.8 Å². The monoisotopic (exact) mass is 207 g/mol. The lowest BCUT2D eigenvalue weighted by atomic mass is 10.2. The van der Waals surface area contributed by atoms with E-state index in [1.807, 2.05) is 18.5 Å². The molecule has 0 unspecified atom stereocenters. The van der Waals surface area contributed by atoms with Gasteiger partial charge in [0.05, 0.1) is 4.88 Å². The van der Waals surface area contributed by atoms with Crippen molar-refractivity contribution < 1.29 is 4.79 Å². The minimum Gasteiger partial charge on any atom is -0.319 e. The number of rotatable bonds is 3. The van der Waals surface area contributed by atoms with Crippen LogP contribution in [-0.4, -0.2) is 19.4 Å². The molecule has 1 heterocycles. The number of carbonyl (C=O) groups excluding carboxylic acids is 1. The van der Waals surface area contributed by atoms with E-state index in [9.17, 15) is 4.79 Å². The van der Waals surface area contributed by atoms with E-state index < -0.39 is 0 Å². The first-order valence-corrected chi connectivity index (χ1v) is 5.35. The van der Waals surface area contributed by atoms with E-state index in [1.54, 1.807) is 6.92 Å². The van der Waals surface area contributed by atoms with Gasteiger partial charge in [-0.05, 0) is 20.0 Å². The molecular formula is C11H13NOS. The lowest BCUT2D eigenvalue weighted by molar-refractivity contribution is 0.102. The Labute approximate surface area is 88.3 Å². The zero-order valence-electron chi connectivity index (χ0n) is 8.39. The van der Waals surface area contributed by atoms with Gasteiger partial charge in [-0.15, -0.1) is 11.3 Å². The van der Waals surface area contributed by atoms with Gasteiger partial charge in [-0.1, -0.05) is 11.8 Å². The Kier molecular flexibility index (Phi) is 4.37. The van der Waals surface area contributed by atoms with Crippen LogP contribution in [0.3, 0.4) is 0 Å². The second-order valence-electron chi connectivity index (χ2n) is 2.91. The maximum atomic E-state index is 11.0. The summed E-state index contributed by atoms with van der Waals surface area (Å²) in [7, 11) is 1.90. The number of ketones is 1. The first-order valence-electron chi connectivity index (χ1n) is 4.47. The van der Waals surface area contributed by atoms with Gasteiger partial charge < -0.3 is 5.32 Å². The molecule has 0 saturated carbocycles. The van der Waals surface area contributed by atoms with Gasteiger partial charge in [-0.2, -0.15) is 0 Å². The van der Waals surface area contributed by atoms with E-state index >= 15 is 0 Å². The lowest BCUT2D eigenvalue weighted by Crippen LogP contribution is -2.05. The predicted octanol–water partition coefficient (Wildman–Crippen LogP) is 1.91. The molecule has 1 rings (SSSR count). The van der Waals surface area contributed by atoms with Crippen molar-refractivity contribution in [3.05, 3.63) is 21.9 Å². The van der Waals surface area contributed by atoms with E-state index in [1.165, 1.54) is 11.3 Å². The van der Waals surface area contributed by atoms with Crippen LogP contribution in [0.2, 0.25) is 0 Å². The number of hydrogen-bond acceptors (Lipinski definition) is 3. The molecule has 0 fully saturated rings. The van der Waals surface area contributed by atoms with Gasteiger partial charge >= 0.3 is 0 Å². The quantitative estimate of drug-likeness (QED) is 0.466. The molecule has 0 radical (unpaired) electrons. The summed E-state index contributed by atoms with van der Waals surface area (Å²) in [6.45, 7) is 2.47. The standard InChI is InChI=1S/C11H13NOS/c1-9(13)11-7-10(8-14-11)5-3-4-6-12-2/h7-8,12H,4,6H2,1-2H3. The first-order chi connectivity index (χ1) is 6.74. The van der Waals surface area contributed by atoms with Crippen LogP contribution in [0.1, 0.15) is 28.6 Å². The van der Waals surface area contributed by atoms with Crippen molar-refractivity contribution in [1.29, 1.82) is 0 Å². The fourth-order valence-corrected chi connectivity index (χ4v) is 1.68. The third kappa shape index (κ3) is 3.33. The van der Waals surface area contributed by atoms with Gasteiger partial charge in [0, 0.05) is 23.9 Å². The number of carbonyl (C=O) groups is 1. The number of thiophene rings is 1. The zero-order chi connectivity index (χ0) is 10.4. The van der Waals surface area contributed by atoms with Crippen LogP contribution in [0.5, 0.6) is 0 Å².